The van der Waals surface area contributed by atoms with Gasteiger partial charge < -0.3 is 33.9 Å². The Morgan fingerprint density at radius 1 is 0.756 bits per heavy atom. The summed E-state index contributed by atoms with van der Waals surface area (Å²) in [5.41, 5.74) is 0. The highest BCUT2D eigenvalue weighted by molar-refractivity contribution is 7.80. The van der Waals surface area contributed by atoms with Crippen LogP contribution in [0, 0.1) is 6.57 Å². The second-order valence-corrected chi connectivity index (χ2v) is 14.9. The van der Waals surface area contributed by atoms with Crippen molar-refractivity contribution in [2.45, 2.75) is 80.3 Å². The fourth-order valence-electron chi connectivity index (χ4n) is 4.47. The summed E-state index contributed by atoms with van der Waals surface area (Å²) >= 11 is 4.07. The monoisotopic (exact) mass is 715 g/mol. The molecule has 0 saturated carbocycles. The standard InChI is InChI=1S/C21H35B3NO16P3S/c1-25-3-5-33-44(31,32-4-2-6-45)41-15-9-21(24)38-18(15)12-35-43(29,30)40-14-8-20(23)37-17(14)11-34-42(27,28)39-13-7-19(22)36-16(13)10-26/h13-21,26,45H,2-12H2,(H,27,28)(H,29,30)/t13?,14?,15?,16-,17-,18-,19-,20-,21-,44?/m1/s1. The van der Waals surface area contributed by atoms with E-state index in [4.69, 9.17) is 76.0 Å². The molecule has 0 amide bonds. The van der Waals surface area contributed by atoms with E-state index < -0.39 is 97.9 Å². The van der Waals surface area contributed by atoms with Crippen molar-refractivity contribution in [1.29, 1.82) is 0 Å². The predicted octanol–water partition coefficient (Wildman–Crippen LogP) is 0.599. The molecular formula is C21H35B3NO16P3S. The zero-order valence-electron chi connectivity index (χ0n) is 24.1. The first-order valence-corrected chi connectivity index (χ1v) is 18.9. The Hall–Kier alpha value is 0.205. The summed E-state index contributed by atoms with van der Waals surface area (Å²) in [6, 6.07) is -2.69. The van der Waals surface area contributed by atoms with Crippen LogP contribution in [0.15, 0.2) is 0 Å². The van der Waals surface area contributed by atoms with Gasteiger partial charge in [0, 0.05) is 18.0 Å². The van der Waals surface area contributed by atoms with E-state index in [0.717, 1.165) is 0 Å². The lowest BCUT2D eigenvalue weighted by Crippen LogP contribution is -2.31. The molecule has 12 atom stereocenters. The number of nitrogens with zero attached hydrogens (tertiary/aromatic N) is 1. The number of aliphatic hydroxyl groups is 1. The minimum atomic E-state index is -4.87. The number of phosphoric ester groups is 3. The van der Waals surface area contributed by atoms with E-state index in [1.807, 2.05) is 0 Å². The molecule has 250 valence electrons. The molecule has 0 bridgehead atoms. The summed E-state index contributed by atoms with van der Waals surface area (Å²) in [5.74, 6) is 0.439. The lowest BCUT2D eigenvalue weighted by Gasteiger charge is -2.26. The van der Waals surface area contributed by atoms with Crippen LogP contribution >= 0.6 is 36.1 Å². The van der Waals surface area contributed by atoms with Crippen molar-refractivity contribution in [1.82, 2.24) is 0 Å². The van der Waals surface area contributed by atoms with E-state index >= 15 is 0 Å². The van der Waals surface area contributed by atoms with Gasteiger partial charge in [-0.3, -0.25) is 31.7 Å². The molecule has 6 radical (unpaired) electrons. The van der Waals surface area contributed by atoms with Gasteiger partial charge in [0.2, 0.25) is 6.54 Å². The zero-order chi connectivity index (χ0) is 33.3. The highest BCUT2D eigenvalue weighted by Crippen LogP contribution is 2.54. The van der Waals surface area contributed by atoms with Crippen LogP contribution in [-0.4, -0.2) is 138 Å². The van der Waals surface area contributed by atoms with Gasteiger partial charge in [-0.15, -0.1) is 0 Å². The molecule has 0 aliphatic carbocycles. The maximum absolute atomic E-state index is 13.2. The van der Waals surface area contributed by atoms with E-state index in [1.54, 1.807) is 0 Å². The smallest absolute Gasteiger partial charge is 0.394 e. The minimum absolute atomic E-state index is 0.00268. The first kappa shape index (κ1) is 39.6. The molecule has 24 heteroatoms. The van der Waals surface area contributed by atoms with Crippen molar-refractivity contribution >= 4 is 59.6 Å². The van der Waals surface area contributed by atoms with Gasteiger partial charge in [-0.1, -0.05) is 0 Å². The highest BCUT2D eigenvalue weighted by Gasteiger charge is 2.45. The number of thiol groups is 1. The molecule has 3 aliphatic rings. The van der Waals surface area contributed by atoms with Crippen LogP contribution in [0.1, 0.15) is 25.7 Å². The third-order valence-electron chi connectivity index (χ3n) is 6.48. The summed E-state index contributed by atoms with van der Waals surface area (Å²) in [5, 5.41) is 9.35. The van der Waals surface area contributed by atoms with Crippen molar-refractivity contribution in [3.8, 4) is 0 Å². The van der Waals surface area contributed by atoms with Crippen molar-refractivity contribution < 1.29 is 74.5 Å². The number of hydrogen-bond acceptors (Lipinski definition) is 15. The summed E-state index contributed by atoms with van der Waals surface area (Å²) in [6.45, 7) is 4.77. The largest absolute Gasteiger partial charge is 0.475 e. The molecule has 45 heavy (non-hydrogen) atoms. The van der Waals surface area contributed by atoms with E-state index in [0.29, 0.717) is 12.2 Å². The summed E-state index contributed by atoms with van der Waals surface area (Å²) < 4.78 is 91.2. The SMILES string of the molecule is [B][C@H]1CC(OP(=O)(O)OC[C@H]2O[C@@H]([B])CC2OP(=O)(O)OC[C@H]2O[C@@H]([B])CC2OP(=O)(OCCCS)OCC[N+]#[C-])[C@@H](CO)O1. The number of phosphoric acid groups is 3. The lowest BCUT2D eigenvalue weighted by molar-refractivity contribution is -0.0329. The first-order valence-electron chi connectivity index (χ1n) is 13.8. The molecule has 3 heterocycles. The number of ether oxygens (including phenoxy) is 3. The molecule has 0 spiro atoms. The van der Waals surface area contributed by atoms with Gasteiger partial charge >= 0.3 is 23.5 Å². The molecule has 3 N–H and O–H groups in total. The van der Waals surface area contributed by atoms with Crippen LogP contribution in [0.2, 0.25) is 0 Å². The van der Waals surface area contributed by atoms with Crippen molar-refractivity contribution in [3.05, 3.63) is 11.4 Å². The average Bonchev–Trinajstić information content (AvgIpc) is 3.60. The molecule has 3 saturated heterocycles. The predicted molar refractivity (Wildman–Crippen MR) is 160 cm³/mol. The Morgan fingerprint density at radius 2 is 1.20 bits per heavy atom. The molecule has 6 unspecified atom stereocenters. The Balaban J connectivity index is 1.55. The first-order chi connectivity index (χ1) is 21.2. The third-order valence-corrected chi connectivity index (χ3v) is 10.3. The summed E-state index contributed by atoms with van der Waals surface area (Å²) in [7, 11) is 3.50. The van der Waals surface area contributed by atoms with Crippen molar-refractivity contribution in [2.24, 2.45) is 0 Å². The van der Waals surface area contributed by atoms with Crippen LogP contribution in [0.5, 0.6) is 0 Å². The van der Waals surface area contributed by atoms with Gasteiger partial charge in [0.1, 0.15) is 48.5 Å². The number of aliphatic hydroxyl groups excluding tert-OH is 1. The summed E-state index contributed by atoms with van der Waals surface area (Å²) in [6.07, 6.45) is -6.19. The van der Waals surface area contributed by atoms with Crippen molar-refractivity contribution in [3.63, 3.8) is 0 Å². The van der Waals surface area contributed by atoms with Crippen LogP contribution in [0.3, 0.4) is 0 Å². The van der Waals surface area contributed by atoms with Gasteiger partial charge in [-0.05, 0) is 31.4 Å². The van der Waals surface area contributed by atoms with Crippen LogP contribution < -0.4 is 0 Å². The van der Waals surface area contributed by atoms with Gasteiger partial charge in [-0.2, -0.15) is 12.6 Å². The van der Waals surface area contributed by atoms with E-state index in [1.165, 1.54) is 0 Å². The quantitative estimate of drug-likeness (QED) is 0.0448. The van der Waals surface area contributed by atoms with E-state index in [2.05, 4.69) is 17.5 Å². The Kier molecular flexibility index (Phi) is 16.1. The second kappa shape index (κ2) is 18.3. The number of rotatable bonds is 20. The molecule has 0 aromatic rings. The maximum Gasteiger partial charge on any atom is 0.475 e. The molecule has 3 rings (SSSR count). The zero-order valence-corrected chi connectivity index (χ0v) is 27.7. The van der Waals surface area contributed by atoms with E-state index in [9.17, 15) is 28.6 Å². The molecule has 0 aromatic heterocycles. The topological polar surface area (TPSA) is 209 Å². The van der Waals surface area contributed by atoms with Gasteiger partial charge in [-0.25, -0.2) is 20.3 Å². The molecule has 3 fully saturated rings. The molecular weight excluding hydrogens is 680 g/mol. The average molecular weight is 715 g/mol. The van der Waals surface area contributed by atoms with E-state index in [-0.39, 0.29) is 39.0 Å². The Bertz CT molecular complexity index is 1130. The highest BCUT2D eigenvalue weighted by atomic mass is 32.1. The Morgan fingerprint density at radius 3 is 1.67 bits per heavy atom. The lowest BCUT2D eigenvalue weighted by atomic mass is 9.96. The van der Waals surface area contributed by atoms with Crippen LogP contribution in [0.25, 0.3) is 4.85 Å². The normalized spacial score (nSPS) is 35.8. The third kappa shape index (κ3) is 13.2. The Labute approximate surface area is 270 Å². The number of hydrogen-bond donors (Lipinski definition) is 4. The van der Waals surface area contributed by atoms with Gasteiger partial charge in [0.15, 0.2) is 0 Å². The van der Waals surface area contributed by atoms with Crippen LogP contribution in [0.4, 0.5) is 0 Å². The van der Waals surface area contributed by atoms with Crippen molar-refractivity contribution in [2.75, 3.05) is 45.3 Å². The molecule has 0 aromatic carbocycles. The fraction of sp³-hybridized carbons (Fsp3) is 0.952. The molecule has 3 aliphatic heterocycles. The molecule has 17 nitrogen and oxygen atoms in total. The second-order valence-electron chi connectivity index (χ2n) is 10.1. The maximum atomic E-state index is 13.2. The summed E-state index contributed by atoms with van der Waals surface area (Å²) in [4.78, 5) is 23.7. The van der Waals surface area contributed by atoms with Gasteiger partial charge in [0.25, 0.3) is 0 Å². The van der Waals surface area contributed by atoms with Crippen LogP contribution in [-0.2, 0) is 59.6 Å². The fourth-order valence-corrected chi connectivity index (χ4v) is 7.93. The van der Waals surface area contributed by atoms with Gasteiger partial charge in [0.05, 0.1) is 44.7 Å². The minimum Gasteiger partial charge on any atom is -0.394 e.